The van der Waals surface area contributed by atoms with Gasteiger partial charge in [0, 0.05) is 6.04 Å². The first-order valence-corrected chi connectivity index (χ1v) is 9.43. The quantitative estimate of drug-likeness (QED) is 0.761. The van der Waals surface area contributed by atoms with Crippen molar-refractivity contribution in [2.24, 2.45) is 0 Å². The molecule has 0 aromatic heterocycles. The molecular weight excluding hydrogens is 318 g/mol. The summed E-state index contributed by atoms with van der Waals surface area (Å²) in [5.74, 6) is 0. The third-order valence-corrected chi connectivity index (χ3v) is 5.80. The lowest BCUT2D eigenvalue weighted by atomic mass is 10.0. The summed E-state index contributed by atoms with van der Waals surface area (Å²) in [4.78, 5) is 0.290. The first-order valence-electron chi connectivity index (χ1n) is 7.95. The van der Waals surface area contributed by atoms with Crippen LogP contribution in [0.4, 0.5) is 0 Å². The van der Waals surface area contributed by atoms with Crippen molar-refractivity contribution in [2.45, 2.75) is 31.7 Å². The molecule has 0 unspecified atom stereocenters. The van der Waals surface area contributed by atoms with Crippen LogP contribution in [0, 0.1) is 13.8 Å². The minimum atomic E-state index is -3.58. The fourth-order valence-electron chi connectivity index (χ4n) is 2.93. The molecule has 3 nitrogen and oxygen atoms in total. The van der Waals surface area contributed by atoms with E-state index in [2.05, 4.69) is 4.72 Å². The van der Waals surface area contributed by atoms with Crippen LogP contribution in [0.5, 0.6) is 0 Å². The fourth-order valence-corrected chi connectivity index (χ4v) is 4.18. The largest absolute Gasteiger partial charge is 0.241 e. The van der Waals surface area contributed by atoms with Crippen LogP contribution in [-0.4, -0.2) is 8.42 Å². The summed E-state index contributed by atoms with van der Waals surface area (Å²) in [6.07, 6.45) is 0. The van der Waals surface area contributed by atoms with Crippen molar-refractivity contribution < 1.29 is 8.42 Å². The zero-order chi connectivity index (χ0) is 17.3. The Bertz CT molecular complexity index is 993. The van der Waals surface area contributed by atoms with E-state index in [-0.39, 0.29) is 6.04 Å². The van der Waals surface area contributed by atoms with Gasteiger partial charge in [0.1, 0.15) is 0 Å². The van der Waals surface area contributed by atoms with Crippen molar-refractivity contribution in [1.29, 1.82) is 0 Å². The molecule has 0 heterocycles. The van der Waals surface area contributed by atoms with E-state index >= 15 is 0 Å². The molecule has 0 amide bonds. The normalized spacial score (nSPS) is 13.1. The monoisotopic (exact) mass is 339 g/mol. The van der Waals surface area contributed by atoms with Crippen LogP contribution >= 0.6 is 0 Å². The van der Waals surface area contributed by atoms with Crippen LogP contribution in [0.1, 0.15) is 29.7 Å². The van der Waals surface area contributed by atoms with Gasteiger partial charge in [0.2, 0.25) is 10.0 Å². The summed E-state index contributed by atoms with van der Waals surface area (Å²) >= 11 is 0. The van der Waals surface area contributed by atoms with E-state index in [1.54, 1.807) is 12.1 Å². The summed E-state index contributed by atoms with van der Waals surface area (Å²) in [6.45, 7) is 5.88. The highest BCUT2D eigenvalue weighted by Crippen LogP contribution is 2.23. The Kier molecular flexibility index (Phi) is 4.43. The Morgan fingerprint density at radius 1 is 0.875 bits per heavy atom. The molecule has 0 spiro atoms. The molecule has 0 radical (unpaired) electrons. The van der Waals surface area contributed by atoms with Crippen LogP contribution in [0.2, 0.25) is 0 Å². The van der Waals surface area contributed by atoms with Crippen molar-refractivity contribution in [1.82, 2.24) is 4.72 Å². The molecule has 0 saturated carbocycles. The first kappa shape index (κ1) is 16.7. The summed E-state index contributed by atoms with van der Waals surface area (Å²) in [7, 11) is -3.58. The molecule has 1 atom stereocenters. The Morgan fingerprint density at radius 3 is 2.33 bits per heavy atom. The number of aryl methyl sites for hydroxylation is 2. The van der Waals surface area contributed by atoms with Gasteiger partial charge in [-0.15, -0.1) is 0 Å². The number of fused-ring (bicyclic) bond motifs is 1. The van der Waals surface area contributed by atoms with Crippen LogP contribution < -0.4 is 4.72 Å². The highest BCUT2D eigenvalue weighted by Gasteiger charge is 2.19. The molecule has 4 heteroatoms. The number of rotatable bonds is 4. The maximum absolute atomic E-state index is 12.7. The molecule has 0 saturated heterocycles. The van der Waals surface area contributed by atoms with E-state index in [4.69, 9.17) is 0 Å². The second-order valence-corrected chi connectivity index (χ2v) is 7.93. The molecular formula is C20H21NO2S. The minimum Gasteiger partial charge on any atom is -0.207 e. The van der Waals surface area contributed by atoms with E-state index in [0.29, 0.717) is 4.90 Å². The predicted molar refractivity (Wildman–Crippen MR) is 98.6 cm³/mol. The average molecular weight is 339 g/mol. The van der Waals surface area contributed by atoms with Gasteiger partial charge < -0.3 is 0 Å². The molecule has 1 N–H and O–H groups in total. The molecule has 0 aliphatic carbocycles. The minimum absolute atomic E-state index is 0.290. The lowest BCUT2D eigenvalue weighted by Crippen LogP contribution is -2.27. The fraction of sp³-hybridized carbons (Fsp3) is 0.200. The molecule has 0 bridgehead atoms. The van der Waals surface area contributed by atoms with Crippen LogP contribution in [0.15, 0.2) is 65.6 Å². The topological polar surface area (TPSA) is 46.2 Å². The highest BCUT2D eigenvalue weighted by molar-refractivity contribution is 7.89. The van der Waals surface area contributed by atoms with Crippen LogP contribution in [-0.2, 0) is 10.0 Å². The molecule has 3 rings (SSSR count). The lowest BCUT2D eigenvalue weighted by molar-refractivity contribution is 0.566. The Hall–Kier alpha value is -2.17. The van der Waals surface area contributed by atoms with Gasteiger partial charge in [-0.1, -0.05) is 54.1 Å². The molecule has 3 aromatic carbocycles. The van der Waals surface area contributed by atoms with Gasteiger partial charge in [0.15, 0.2) is 0 Å². The molecule has 24 heavy (non-hydrogen) atoms. The Balaban J connectivity index is 1.93. The number of hydrogen-bond donors (Lipinski definition) is 1. The van der Waals surface area contributed by atoms with Gasteiger partial charge in [-0.05, 0) is 54.8 Å². The van der Waals surface area contributed by atoms with E-state index in [1.807, 2.05) is 69.3 Å². The van der Waals surface area contributed by atoms with Gasteiger partial charge in [0.05, 0.1) is 4.90 Å². The lowest BCUT2D eigenvalue weighted by Gasteiger charge is -2.17. The Morgan fingerprint density at radius 2 is 1.58 bits per heavy atom. The zero-order valence-corrected chi connectivity index (χ0v) is 14.9. The van der Waals surface area contributed by atoms with E-state index in [9.17, 15) is 8.42 Å². The number of hydrogen-bond acceptors (Lipinski definition) is 2. The SMILES string of the molecule is Cc1ccc(C)c([C@H](C)NS(=O)(=O)c2ccc3ccccc3c2)c1. The third-order valence-electron chi connectivity index (χ3n) is 4.26. The highest BCUT2D eigenvalue weighted by atomic mass is 32.2. The standard InChI is InChI=1S/C20H21NO2S/c1-14-8-9-15(2)20(12-14)16(3)21-24(22,23)19-11-10-17-6-4-5-7-18(17)13-19/h4-13,16,21H,1-3H3/t16-/m0/s1. The van der Waals surface area contributed by atoms with E-state index < -0.39 is 10.0 Å². The first-order chi connectivity index (χ1) is 11.4. The maximum atomic E-state index is 12.7. The number of sulfonamides is 1. The number of nitrogens with one attached hydrogen (secondary N) is 1. The Labute approximate surface area is 143 Å². The van der Waals surface area contributed by atoms with Crippen molar-refractivity contribution in [3.63, 3.8) is 0 Å². The predicted octanol–water partition coefficient (Wildman–Crippen LogP) is 4.50. The van der Waals surface area contributed by atoms with Gasteiger partial charge in [0.25, 0.3) is 0 Å². The molecule has 0 aliphatic heterocycles. The summed E-state index contributed by atoms with van der Waals surface area (Å²) < 4.78 is 28.3. The van der Waals surface area contributed by atoms with Gasteiger partial charge in [-0.25, -0.2) is 13.1 Å². The third kappa shape index (κ3) is 3.35. The number of benzene rings is 3. The van der Waals surface area contributed by atoms with Crippen molar-refractivity contribution >= 4 is 20.8 Å². The van der Waals surface area contributed by atoms with Crippen molar-refractivity contribution in [3.05, 3.63) is 77.4 Å². The molecule has 0 aliphatic rings. The molecule has 0 fully saturated rings. The summed E-state index contributed by atoms with van der Waals surface area (Å²) in [5.41, 5.74) is 3.20. The maximum Gasteiger partial charge on any atom is 0.241 e. The van der Waals surface area contributed by atoms with Crippen molar-refractivity contribution in [2.75, 3.05) is 0 Å². The van der Waals surface area contributed by atoms with Crippen LogP contribution in [0.25, 0.3) is 10.8 Å². The van der Waals surface area contributed by atoms with Crippen molar-refractivity contribution in [3.8, 4) is 0 Å². The summed E-state index contributed by atoms with van der Waals surface area (Å²) in [6, 6.07) is 18.7. The van der Waals surface area contributed by atoms with Gasteiger partial charge >= 0.3 is 0 Å². The van der Waals surface area contributed by atoms with E-state index in [0.717, 1.165) is 27.5 Å². The van der Waals surface area contributed by atoms with Crippen LogP contribution in [0.3, 0.4) is 0 Å². The average Bonchev–Trinajstić information content (AvgIpc) is 2.56. The smallest absolute Gasteiger partial charge is 0.207 e. The second-order valence-electron chi connectivity index (χ2n) is 6.21. The zero-order valence-electron chi connectivity index (χ0n) is 14.1. The molecule has 3 aromatic rings. The summed E-state index contributed by atoms with van der Waals surface area (Å²) in [5, 5.41) is 1.94. The van der Waals surface area contributed by atoms with E-state index in [1.165, 1.54) is 0 Å². The van der Waals surface area contributed by atoms with Gasteiger partial charge in [-0.2, -0.15) is 0 Å². The second kappa shape index (κ2) is 6.38. The van der Waals surface area contributed by atoms with Gasteiger partial charge in [-0.3, -0.25) is 0 Å². The molecule has 124 valence electrons.